The second kappa shape index (κ2) is 10.1. The Balaban J connectivity index is 1.64. The van der Waals surface area contributed by atoms with Gasteiger partial charge in [0.25, 0.3) is 0 Å². The number of methoxy groups -OCH3 is 1. The van der Waals surface area contributed by atoms with E-state index in [2.05, 4.69) is 22.8 Å². The minimum atomic E-state index is -3.58. The number of ether oxygens (including phenoxy) is 2. The molecule has 2 aromatic rings. The van der Waals surface area contributed by atoms with Crippen LogP contribution < -0.4 is 0 Å². The number of aryl methyl sites for hydroxylation is 2. The first-order chi connectivity index (χ1) is 15.9. The van der Waals surface area contributed by atoms with Crippen molar-refractivity contribution in [1.29, 1.82) is 0 Å². The fourth-order valence-electron chi connectivity index (χ4n) is 4.84. The summed E-state index contributed by atoms with van der Waals surface area (Å²) in [6, 6.07) is 7.11. The van der Waals surface area contributed by atoms with Gasteiger partial charge in [-0.1, -0.05) is 36.6 Å². The molecule has 0 spiro atoms. The topological polar surface area (TPSA) is 73.7 Å². The molecule has 1 unspecified atom stereocenters. The molecule has 0 saturated carbocycles. The third-order valence-corrected chi connectivity index (χ3v) is 8.64. The lowest BCUT2D eigenvalue weighted by atomic mass is 9.69. The van der Waals surface area contributed by atoms with Crippen LogP contribution >= 0.6 is 0 Å². The van der Waals surface area contributed by atoms with Gasteiger partial charge in [0, 0.05) is 32.2 Å². The number of hydrogen-bond donors (Lipinski definition) is 0. The van der Waals surface area contributed by atoms with Crippen molar-refractivity contribution in [3.8, 4) is 0 Å². The van der Waals surface area contributed by atoms with Crippen LogP contribution in [0, 0.1) is 12.3 Å². The van der Waals surface area contributed by atoms with Crippen molar-refractivity contribution in [3.63, 3.8) is 0 Å². The third-order valence-electron chi connectivity index (χ3n) is 6.78. The number of rotatable bonds is 10. The molecule has 2 aliphatic rings. The maximum Gasteiger partial charge on any atom is 0.243 e. The Kier molecular flexibility index (Phi) is 7.38. The first kappa shape index (κ1) is 24.1. The van der Waals surface area contributed by atoms with Crippen LogP contribution in [0.1, 0.15) is 43.0 Å². The molecule has 0 radical (unpaired) electrons. The molecule has 0 N–H and O–H groups in total. The van der Waals surface area contributed by atoms with Gasteiger partial charge in [-0.3, -0.25) is 4.68 Å². The van der Waals surface area contributed by atoms with Crippen LogP contribution in [0.2, 0.25) is 0 Å². The molecule has 8 heteroatoms. The van der Waals surface area contributed by atoms with Crippen molar-refractivity contribution in [2.24, 2.45) is 5.41 Å². The van der Waals surface area contributed by atoms with Gasteiger partial charge in [-0.15, -0.1) is 0 Å². The van der Waals surface area contributed by atoms with Crippen molar-refractivity contribution in [1.82, 2.24) is 14.1 Å². The summed E-state index contributed by atoms with van der Waals surface area (Å²) < 4.78 is 41.9. The molecule has 180 valence electrons. The molecule has 1 atom stereocenters. The average molecular weight is 474 g/mol. The number of hydrogen-bond acceptors (Lipinski definition) is 5. The molecule has 1 aromatic carbocycles. The van der Waals surface area contributed by atoms with Crippen LogP contribution in [0.5, 0.6) is 0 Å². The number of sulfonamides is 1. The number of piperidine rings is 1. The first-order valence-corrected chi connectivity index (χ1v) is 13.2. The number of benzene rings is 1. The highest BCUT2D eigenvalue weighted by molar-refractivity contribution is 7.89. The van der Waals surface area contributed by atoms with Crippen LogP contribution in [0.25, 0.3) is 6.08 Å². The van der Waals surface area contributed by atoms with Gasteiger partial charge in [-0.25, -0.2) is 8.42 Å². The highest BCUT2D eigenvalue weighted by Crippen LogP contribution is 2.45. The van der Waals surface area contributed by atoms with Crippen LogP contribution in [-0.4, -0.2) is 62.5 Å². The van der Waals surface area contributed by atoms with Crippen molar-refractivity contribution in [3.05, 3.63) is 52.9 Å². The predicted octanol–water partition coefficient (Wildman–Crippen LogP) is 3.68. The normalized spacial score (nSPS) is 20.9. The van der Waals surface area contributed by atoms with Gasteiger partial charge in [-0.2, -0.15) is 9.40 Å². The number of aromatic nitrogens is 2. The zero-order chi connectivity index (χ0) is 23.5. The molecule has 1 aromatic heterocycles. The molecular formula is C25H35N3O4S. The van der Waals surface area contributed by atoms with Gasteiger partial charge in [0.1, 0.15) is 0 Å². The van der Waals surface area contributed by atoms with E-state index in [1.165, 1.54) is 16.8 Å². The SMILES string of the molecule is CCCCn1ncc2c1C=C1CCN(S(=O)(=O)c3ccc(C)cc3)CC1(COCCOC)C2. The number of unbranched alkanes of at least 4 members (excludes halogenated alkanes) is 1. The molecule has 1 saturated heterocycles. The van der Waals surface area contributed by atoms with Gasteiger partial charge in [0.2, 0.25) is 10.0 Å². The van der Waals surface area contributed by atoms with Crippen molar-refractivity contribution < 1.29 is 17.9 Å². The molecule has 0 bridgehead atoms. The maximum atomic E-state index is 13.5. The van der Waals surface area contributed by atoms with E-state index in [1.54, 1.807) is 23.5 Å². The summed E-state index contributed by atoms with van der Waals surface area (Å²) in [6.07, 6.45) is 7.82. The maximum absolute atomic E-state index is 13.5. The molecule has 1 fully saturated rings. The summed E-state index contributed by atoms with van der Waals surface area (Å²) >= 11 is 0. The molecule has 33 heavy (non-hydrogen) atoms. The van der Waals surface area contributed by atoms with E-state index in [9.17, 15) is 8.42 Å². The van der Waals surface area contributed by atoms with E-state index < -0.39 is 15.4 Å². The summed E-state index contributed by atoms with van der Waals surface area (Å²) in [5.74, 6) is 0. The smallest absolute Gasteiger partial charge is 0.243 e. The monoisotopic (exact) mass is 473 g/mol. The van der Waals surface area contributed by atoms with Gasteiger partial charge in [0.05, 0.1) is 36.6 Å². The fraction of sp³-hybridized carbons (Fsp3) is 0.560. The Labute approximate surface area is 197 Å². The molecule has 7 nitrogen and oxygen atoms in total. The first-order valence-electron chi connectivity index (χ1n) is 11.8. The van der Waals surface area contributed by atoms with Crippen LogP contribution in [0.3, 0.4) is 0 Å². The Morgan fingerprint density at radius 1 is 1.18 bits per heavy atom. The number of fused-ring (bicyclic) bond motifs is 2. The molecule has 1 aliphatic heterocycles. The average Bonchev–Trinajstić information content (AvgIpc) is 3.20. The summed E-state index contributed by atoms with van der Waals surface area (Å²) in [6.45, 7) is 7.38. The molecule has 1 aliphatic carbocycles. The van der Waals surface area contributed by atoms with Crippen molar-refractivity contribution in [2.75, 3.05) is 40.0 Å². The van der Waals surface area contributed by atoms with Gasteiger partial charge < -0.3 is 9.47 Å². The quantitative estimate of drug-likeness (QED) is 0.492. The van der Waals surface area contributed by atoms with E-state index >= 15 is 0 Å². The van der Waals surface area contributed by atoms with Crippen molar-refractivity contribution >= 4 is 16.1 Å². The lowest BCUT2D eigenvalue weighted by Gasteiger charge is -2.46. The lowest BCUT2D eigenvalue weighted by molar-refractivity contribution is 0.0147. The summed E-state index contributed by atoms with van der Waals surface area (Å²) in [4.78, 5) is 0.347. The van der Waals surface area contributed by atoms with Gasteiger partial charge in [-0.05, 0) is 50.0 Å². The van der Waals surface area contributed by atoms with E-state index in [-0.39, 0.29) is 0 Å². The second-order valence-corrected chi connectivity index (χ2v) is 11.1. The molecule has 2 heterocycles. The van der Waals surface area contributed by atoms with Gasteiger partial charge >= 0.3 is 0 Å². The van der Waals surface area contributed by atoms with Crippen LogP contribution in [-0.2, 0) is 32.5 Å². The van der Waals surface area contributed by atoms with E-state index in [0.717, 1.165) is 31.4 Å². The van der Waals surface area contributed by atoms with Crippen LogP contribution in [0.15, 0.2) is 40.9 Å². The van der Waals surface area contributed by atoms with Crippen molar-refractivity contribution in [2.45, 2.75) is 51.0 Å². The summed E-state index contributed by atoms with van der Waals surface area (Å²) in [5.41, 5.74) is 4.25. The highest BCUT2D eigenvalue weighted by Gasteiger charge is 2.46. The standard InChI is InChI=1S/C25H35N3O4S/c1-4-5-11-28-24-15-22-10-12-27(33(29,30)23-8-6-20(2)7-9-23)18-25(22,16-21(24)17-26-28)19-32-14-13-31-3/h6-9,15,17H,4-5,10-14,16,18-19H2,1-3H3. The van der Waals surface area contributed by atoms with Gasteiger partial charge in [0.15, 0.2) is 0 Å². The number of nitrogens with zero attached hydrogens (tertiary/aromatic N) is 3. The molecule has 4 rings (SSSR count). The summed E-state index contributed by atoms with van der Waals surface area (Å²) in [7, 11) is -1.93. The molecule has 0 amide bonds. The predicted molar refractivity (Wildman–Crippen MR) is 128 cm³/mol. The third kappa shape index (κ3) is 4.94. The van der Waals surface area contributed by atoms with E-state index in [4.69, 9.17) is 9.47 Å². The van der Waals surface area contributed by atoms with E-state index in [1.807, 2.05) is 25.3 Å². The minimum Gasteiger partial charge on any atom is -0.382 e. The summed E-state index contributed by atoms with van der Waals surface area (Å²) in [5, 5.41) is 4.64. The Morgan fingerprint density at radius 3 is 2.70 bits per heavy atom. The lowest BCUT2D eigenvalue weighted by Crippen LogP contribution is -2.51. The minimum absolute atomic E-state index is 0.347. The zero-order valence-electron chi connectivity index (χ0n) is 19.9. The Hall–Kier alpha value is -2.00. The zero-order valence-corrected chi connectivity index (χ0v) is 20.7. The second-order valence-electron chi connectivity index (χ2n) is 9.21. The Bertz CT molecular complexity index is 1090. The highest BCUT2D eigenvalue weighted by atomic mass is 32.2. The van der Waals surface area contributed by atoms with Crippen LogP contribution in [0.4, 0.5) is 0 Å². The molecular weight excluding hydrogens is 438 g/mol. The largest absolute Gasteiger partial charge is 0.382 e. The Morgan fingerprint density at radius 2 is 1.97 bits per heavy atom. The fourth-order valence-corrected chi connectivity index (χ4v) is 6.37. The van der Waals surface area contributed by atoms with E-state index in [0.29, 0.717) is 44.2 Å².